The summed E-state index contributed by atoms with van der Waals surface area (Å²) in [6.07, 6.45) is 5.36. The molecule has 2 N–H and O–H groups in total. The first kappa shape index (κ1) is 24.7. The number of carbonyl (C=O) groups is 2. The van der Waals surface area contributed by atoms with E-state index in [0.717, 1.165) is 41.5 Å². The fourth-order valence-electron chi connectivity index (χ4n) is 5.51. The van der Waals surface area contributed by atoms with Gasteiger partial charge >= 0.3 is 11.8 Å². The molecule has 38 heavy (non-hydrogen) atoms. The maximum absolute atomic E-state index is 13.4. The van der Waals surface area contributed by atoms with Crippen LogP contribution in [0.3, 0.4) is 0 Å². The number of H-pyrrole nitrogens is 1. The fourth-order valence-corrected chi connectivity index (χ4v) is 6.58. The number of hydrogen-bond acceptors (Lipinski definition) is 8. The van der Waals surface area contributed by atoms with Gasteiger partial charge in [0.05, 0.1) is 33.2 Å². The van der Waals surface area contributed by atoms with Gasteiger partial charge < -0.3 is 19.6 Å². The van der Waals surface area contributed by atoms with Gasteiger partial charge in [-0.1, -0.05) is 13.0 Å². The van der Waals surface area contributed by atoms with Crippen LogP contribution in [-0.2, 0) is 9.59 Å². The minimum atomic E-state index is -0.761. The smallest absolute Gasteiger partial charge is 0.313 e. The van der Waals surface area contributed by atoms with E-state index in [1.54, 1.807) is 16.2 Å². The van der Waals surface area contributed by atoms with Crippen molar-refractivity contribution in [2.45, 2.75) is 50.6 Å². The van der Waals surface area contributed by atoms with Crippen LogP contribution in [-0.4, -0.2) is 63.4 Å². The number of pyridine rings is 1. The van der Waals surface area contributed by atoms with E-state index < -0.39 is 17.4 Å². The van der Waals surface area contributed by atoms with E-state index in [0.29, 0.717) is 18.5 Å². The molecule has 4 heterocycles. The van der Waals surface area contributed by atoms with Gasteiger partial charge in [0.15, 0.2) is 0 Å². The maximum Gasteiger partial charge on any atom is 0.313 e. The topological polar surface area (TPSA) is 124 Å². The van der Waals surface area contributed by atoms with Gasteiger partial charge in [0.1, 0.15) is 5.39 Å². The van der Waals surface area contributed by atoms with E-state index in [9.17, 15) is 14.4 Å². The predicted octanol–water partition coefficient (Wildman–Crippen LogP) is 3.87. The molecule has 0 bridgehead atoms. The first-order valence-electron chi connectivity index (χ1n) is 12.9. The molecule has 3 aromatic heterocycles. The molecule has 0 radical (unpaired) electrons. The summed E-state index contributed by atoms with van der Waals surface area (Å²) in [5, 5.41) is 6.20. The Labute approximate surface area is 223 Å². The SMILES string of the molecule is C[C@H]1CC[C@H](c2ccc3sc([C@H]4C[C@@H](N(C)C)C4)nc3c2)N(C(=O)C(=O)Nc2cnc3o[nH]c(=O)c3c2)C1. The molecule has 1 saturated heterocycles. The Bertz CT molecular complexity index is 1580. The molecule has 6 rings (SSSR count). The summed E-state index contributed by atoms with van der Waals surface area (Å²) in [7, 11) is 4.25. The summed E-state index contributed by atoms with van der Waals surface area (Å²) in [5.74, 6) is -0.580. The number of thiazole rings is 1. The molecule has 10 nitrogen and oxygen atoms in total. The van der Waals surface area contributed by atoms with Crippen molar-refractivity contribution in [1.29, 1.82) is 0 Å². The maximum atomic E-state index is 13.4. The third-order valence-electron chi connectivity index (χ3n) is 7.87. The third kappa shape index (κ3) is 4.49. The van der Waals surface area contributed by atoms with Gasteiger partial charge in [-0.15, -0.1) is 11.3 Å². The second-order valence-corrected chi connectivity index (χ2v) is 11.8. The molecule has 11 heteroatoms. The largest absolute Gasteiger partial charge is 0.358 e. The molecule has 4 aromatic rings. The van der Waals surface area contributed by atoms with Crippen molar-refractivity contribution in [3.63, 3.8) is 0 Å². The van der Waals surface area contributed by atoms with Crippen LogP contribution < -0.4 is 10.9 Å². The number of rotatable bonds is 4. The molecule has 2 aliphatic rings. The van der Waals surface area contributed by atoms with Crippen LogP contribution in [0.25, 0.3) is 21.3 Å². The average Bonchev–Trinajstić information content (AvgIpc) is 3.45. The standard InChI is InChI=1S/C27H30N6O4S/c1-14-4-6-21(15-5-7-22-20(10-15)30-26(38-22)16-8-18(9-16)32(2)3)33(13-14)27(36)24(35)29-17-11-19-23(34)31-37-25(19)28-12-17/h5,7,10-12,14,16,18,21H,4,6,8-9,13H2,1-3H3,(H,29,35)(H,31,34)/t14-,16-,18+,21+/m0/s1. The number of nitrogens with one attached hydrogen (secondary N) is 2. The number of piperidine rings is 1. The van der Waals surface area contributed by atoms with E-state index >= 15 is 0 Å². The third-order valence-corrected chi connectivity index (χ3v) is 9.07. The van der Waals surface area contributed by atoms with E-state index in [-0.39, 0.29) is 28.7 Å². The number of benzene rings is 1. The lowest BCUT2D eigenvalue weighted by atomic mass is 9.80. The van der Waals surface area contributed by atoms with Crippen LogP contribution in [0.2, 0.25) is 0 Å². The van der Waals surface area contributed by atoms with Crippen molar-refractivity contribution >= 4 is 50.2 Å². The number of amides is 2. The first-order chi connectivity index (χ1) is 18.3. The Morgan fingerprint density at radius 3 is 2.82 bits per heavy atom. The summed E-state index contributed by atoms with van der Waals surface area (Å²) in [6, 6.07) is 8.10. The van der Waals surface area contributed by atoms with Crippen molar-refractivity contribution in [2.75, 3.05) is 26.0 Å². The van der Waals surface area contributed by atoms with Gasteiger partial charge in [0, 0.05) is 18.5 Å². The molecule has 1 aliphatic heterocycles. The second kappa shape index (κ2) is 9.63. The number of likely N-dealkylation sites (tertiary alicyclic amines) is 1. The van der Waals surface area contributed by atoms with E-state index in [1.165, 1.54) is 17.3 Å². The molecule has 0 unspecified atom stereocenters. The van der Waals surface area contributed by atoms with Gasteiger partial charge in [-0.3, -0.25) is 14.4 Å². The number of aromatic amines is 1. The van der Waals surface area contributed by atoms with Gasteiger partial charge in [0.2, 0.25) is 0 Å². The van der Waals surface area contributed by atoms with Crippen LogP contribution in [0, 0.1) is 5.92 Å². The number of nitrogens with zero attached hydrogens (tertiary/aromatic N) is 4. The molecule has 1 aliphatic carbocycles. The van der Waals surface area contributed by atoms with Crippen molar-refractivity contribution in [2.24, 2.45) is 5.92 Å². The minimum Gasteiger partial charge on any atom is -0.358 e. The van der Waals surface area contributed by atoms with Gasteiger partial charge in [-0.2, -0.15) is 5.16 Å². The summed E-state index contributed by atoms with van der Waals surface area (Å²) in [4.78, 5) is 51.2. The van der Waals surface area contributed by atoms with Crippen molar-refractivity contribution < 1.29 is 14.1 Å². The van der Waals surface area contributed by atoms with Gasteiger partial charge in [-0.25, -0.2) is 9.97 Å². The van der Waals surface area contributed by atoms with Crippen molar-refractivity contribution in [3.8, 4) is 0 Å². The van der Waals surface area contributed by atoms with Gasteiger partial charge in [0.25, 0.3) is 11.3 Å². The van der Waals surface area contributed by atoms with Crippen LogP contribution >= 0.6 is 11.3 Å². The Morgan fingerprint density at radius 1 is 1.21 bits per heavy atom. The highest BCUT2D eigenvalue weighted by Gasteiger charge is 2.36. The molecular weight excluding hydrogens is 504 g/mol. The highest BCUT2D eigenvalue weighted by molar-refractivity contribution is 7.18. The van der Waals surface area contributed by atoms with Crippen LogP contribution in [0.15, 0.2) is 39.8 Å². The number of anilines is 1. The number of carbonyl (C=O) groups excluding carboxylic acids is 2. The summed E-state index contributed by atoms with van der Waals surface area (Å²) in [6.45, 7) is 2.58. The highest BCUT2D eigenvalue weighted by atomic mass is 32.1. The van der Waals surface area contributed by atoms with Crippen LogP contribution in [0.1, 0.15) is 55.1 Å². The molecule has 0 spiro atoms. The van der Waals surface area contributed by atoms with E-state index in [4.69, 9.17) is 9.51 Å². The lowest BCUT2D eigenvalue weighted by Crippen LogP contribution is -2.46. The fraction of sp³-hybridized carbons (Fsp3) is 0.444. The van der Waals surface area contributed by atoms with E-state index in [1.807, 2.05) is 0 Å². The van der Waals surface area contributed by atoms with Crippen molar-refractivity contribution in [3.05, 3.63) is 51.4 Å². The molecule has 2 fully saturated rings. The Balaban J connectivity index is 1.21. The number of aromatic nitrogens is 3. The summed E-state index contributed by atoms with van der Waals surface area (Å²) in [5.41, 5.74) is 1.90. The normalized spacial score (nSPS) is 23.6. The Morgan fingerprint density at radius 2 is 2.03 bits per heavy atom. The van der Waals surface area contributed by atoms with Crippen LogP contribution in [0.4, 0.5) is 5.69 Å². The number of fused-ring (bicyclic) bond motifs is 2. The Kier molecular flexibility index (Phi) is 6.27. The number of hydrogen-bond donors (Lipinski definition) is 2. The molecule has 1 aromatic carbocycles. The Hall–Kier alpha value is -3.57. The highest BCUT2D eigenvalue weighted by Crippen LogP contribution is 2.43. The van der Waals surface area contributed by atoms with Gasteiger partial charge in [-0.05, 0) is 69.5 Å². The molecule has 1 saturated carbocycles. The lowest BCUT2D eigenvalue weighted by molar-refractivity contribution is -0.146. The first-order valence-corrected chi connectivity index (χ1v) is 13.7. The zero-order chi connectivity index (χ0) is 26.6. The van der Waals surface area contributed by atoms with Crippen LogP contribution in [0.5, 0.6) is 0 Å². The summed E-state index contributed by atoms with van der Waals surface area (Å²) >= 11 is 1.75. The molecule has 2 amide bonds. The predicted molar refractivity (Wildman–Crippen MR) is 145 cm³/mol. The van der Waals surface area contributed by atoms with E-state index in [2.05, 4.69) is 59.6 Å². The molecule has 198 valence electrons. The zero-order valence-electron chi connectivity index (χ0n) is 21.6. The summed E-state index contributed by atoms with van der Waals surface area (Å²) < 4.78 is 6.10. The molecular formula is C27H30N6O4S. The second-order valence-electron chi connectivity index (χ2n) is 10.8. The lowest BCUT2D eigenvalue weighted by Gasteiger charge is -2.38. The zero-order valence-corrected chi connectivity index (χ0v) is 22.4. The minimum absolute atomic E-state index is 0.139. The average molecular weight is 535 g/mol. The van der Waals surface area contributed by atoms with Crippen molar-refractivity contribution in [1.82, 2.24) is 24.9 Å². The quantitative estimate of drug-likeness (QED) is 0.381. The molecule has 2 atom stereocenters. The monoisotopic (exact) mass is 534 g/mol.